The maximum absolute atomic E-state index is 3.81. The Kier molecular flexibility index (Phi) is 4.66. The second-order valence-corrected chi connectivity index (χ2v) is 7.25. The zero-order valence-corrected chi connectivity index (χ0v) is 13.8. The van der Waals surface area contributed by atoms with Gasteiger partial charge in [0.15, 0.2) is 0 Å². The van der Waals surface area contributed by atoms with Gasteiger partial charge in [-0.25, -0.2) is 0 Å². The first kappa shape index (κ1) is 15.1. The maximum Gasteiger partial charge on any atom is 0.0473 e. The number of piperazine rings is 1. The molecule has 0 radical (unpaired) electrons. The fourth-order valence-electron chi connectivity index (χ4n) is 3.66. The van der Waals surface area contributed by atoms with E-state index in [4.69, 9.17) is 0 Å². The van der Waals surface area contributed by atoms with Crippen molar-refractivity contribution in [1.82, 2.24) is 10.2 Å². The van der Waals surface area contributed by atoms with Crippen LogP contribution in [-0.4, -0.2) is 30.6 Å². The van der Waals surface area contributed by atoms with Crippen molar-refractivity contribution in [1.29, 1.82) is 0 Å². The van der Waals surface area contributed by atoms with Crippen molar-refractivity contribution >= 4 is 0 Å². The molecule has 0 amide bonds. The molecule has 0 aromatic heterocycles. The number of nitrogens with zero attached hydrogens (tertiary/aromatic N) is 1. The number of hydrogen-bond donors (Lipinski definition) is 1. The normalized spacial score (nSPS) is 34.6. The number of benzene rings is 1. The third-order valence-corrected chi connectivity index (χ3v) is 5.71. The molecule has 5 unspecified atom stereocenters. The Labute approximate surface area is 129 Å². The Morgan fingerprint density at radius 1 is 1.29 bits per heavy atom. The molecule has 0 spiro atoms. The van der Waals surface area contributed by atoms with Crippen LogP contribution in [0.5, 0.6) is 0 Å². The van der Waals surface area contributed by atoms with E-state index < -0.39 is 0 Å². The summed E-state index contributed by atoms with van der Waals surface area (Å²) in [5, 5.41) is 3.81. The summed E-state index contributed by atoms with van der Waals surface area (Å²) in [5.74, 6) is 2.64. The molecular formula is C19H30N2. The van der Waals surface area contributed by atoms with Gasteiger partial charge in [-0.05, 0) is 29.7 Å². The fourth-order valence-corrected chi connectivity index (χ4v) is 3.66. The first-order chi connectivity index (χ1) is 10.2. The average molecular weight is 286 g/mol. The smallest absolute Gasteiger partial charge is 0.0473 e. The number of nitrogens with one attached hydrogen (secondary N) is 1. The van der Waals surface area contributed by atoms with E-state index in [2.05, 4.69) is 61.3 Å². The van der Waals surface area contributed by atoms with Crippen molar-refractivity contribution in [2.45, 2.75) is 45.7 Å². The van der Waals surface area contributed by atoms with E-state index in [1.54, 1.807) is 0 Å². The second kappa shape index (κ2) is 6.50. The lowest BCUT2D eigenvalue weighted by atomic mass is 9.93. The fraction of sp³-hybridized carbons (Fsp3) is 0.684. The summed E-state index contributed by atoms with van der Waals surface area (Å²) in [4.78, 5) is 2.76. The molecule has 21 heavy (non-hydrogen) atoms. The molecule has 1 aliphatic heterocycles. The van der Waals surface area contributed by atoms with E-state index in [0.29, 0.717) is 12.1 Å². The van der Waals surface area contributed by atoms with E-state index in [1.807, 2.05) is 0 Å². The minimum Gasteiger partial charge on any atom is -0.311 e. The number of rotatable bonds is 5. The predicted molar refractivity (Wildman–Crippen MR) is 89.3 cm³/mol. The van der Waals surface area contributed by atoms with Crippen LogP contribution in [0.1, 0.15) is 45.2 Å². The lowest BCUT2D eigenvalue weighted by molar-refractivity contribution is 0.103. The Balaban J connectivity index is 1.72. The van der Waals surface area contributed by atoms with Crippen LogP contribution in [0.4, 0.5) is 0 Å². The molecule has 2 nitrogen and oxygen atoms in total. The van der Waals surface area contributed by atoms with E-state index in [0.717, 1.165) is 24.3 Å². The molecule has 1 aromatic rings. The Bertz CT molecular complexity index is 444. The Morgan fingerprint density at radius 2 is 2.00 bits per heavy atom. The zero-order valence-electron chi connectivity index (χ0n) is 13.8. The van der Waals surface area contributed by atoms with Crippen molar-refractivity contribution in [3.05, 3.63) is 35.9 Å². The summed E-state index contributed by atoms with van der Waals surface area (Å²) in [7, 11) is 0. The van der Waals surface area contributed by atoms with E-state index in [-0.39, 0.29) is 0 Å². The van der Waals surface area contributed by atoms with Crippen molar-refractivity contribution in [3.8, 4) is 0 Å². The summed E-state index contributed by atoms with van der Waals surface area (Å²) in [6, 6.07) is 12.3. The van der Waals surface area contributed by atoms with Crippen LogP contribution in [-0.2, 0) is 0 Å². The third-order valence-electron chi connectivity index (χ3n) is 5.71. The summed E-state index contributed by atoms with van der Waals surface area (Å²) in [6.07, 6.45) is 2.70. The van der Waals surface area contributed by atoms with Crippen molar-refractivity contribution < 1.29 is 0 Å². The predicted octanol–water partition coefficient (Wildman–Crippen LogP) is 3.70. The monoisotopic (exact) mass is 286 g/mol. The van der Waals surface area contributed by atoms with Gasteiger partial charge in [0, 0.05) is 31.7 Å². The standard InChI is InChI=1S/C19H30N2/c1-4-14(2)18-13-21(12-17-10-15(17)3)19(11-20-18)16-8-6-5-7-9-16/h5-9,14-15,17-20H,4,10-13H2,1-3H3. The molecule has 1 heterocycles. The van der Waals surface area contributed by atoms with Gasteiger partial charge in [-0.1, -0.05) is 57.5 Å². The highest BCUT2D eigenvalue weighted by Crippen LogP contribution is 2.40. The first-order valence-corrected chi connectivity index (χ1v) is 8.71. The Morgan fingerprint density at radius 3 is 2.62 bits per heavy atom. The molecule has 1 aromatic carbocycles. The van der Waals surface area contributed by atoms with Crippen LogP contribution < -0.4 is 5.32 Å². The SMILES string of the molecule is CCC(C)C1CN(CC2CC2C)C(c2ccccc2)CN1. The van der Waals surface area contributed by atoms with Gasteiger partial charge >= 0.3 is 0 Å². The second-order valence-electron chi connectivity index (χ2n) is 7.25. The minimum absolute atomic E-state index is 0.555. The zero-order chi connectivity index (χ0) is 14.8. The molecule has 116 valence electrons. The molecule has 3 rings (SSSR count). The van der Waals surface area contributed by atoms with Gasteiger partial charge < -0.3 is 5.32 Å². The van der Waals surface area contributed by atoms with Gasteiger partial charge in [0.2, 0.25) is 0 Å². The van der Waals surface area contributed by atoms with Crippen molar-refractivity contribution in [3.63, 3.8) is 0 Å². The number of hydrogen-bond acceptors (Lipinski definition) is 2. The lowest BCUT2D eigenvalue weighted by Gasteiger charge is -2.43. The molecule has 2 heteroatoms. The Hall–Kier alpha value is -0.860. The molecule has 1 saturated carbocycles. The molecule has 2 aliphatic rings. The van der Waals surface area contributed by atoms with Crippen LogP contribution in [0.25, 0.3) is 0 Å². The van der Waals surface area contributed by atoms with E-state index >= 15 is 0 Å². The average Bonchev–Trinajstić information content (AvgIpc) is 3.22. The van der Waals surface area contributed by atoms with Gasteiger partial charge in [0.05, 0.1) is 0 Å². The first-order valence-electron chi connectivity index (χ1n) is 8.71. The molecule has 0 bridgehead atoms. The molecule has 5 atom stereocenters. The largest absolute Gasteiger partial charge is 0.311 e. The highest BCUT2D eigenvalue weighted by Gasteiger charge is 2.38. The minimum atomic E-state index is 0.555. The van der Waals surface area contributed by atoms with Crippen molar-refractivity contribution in [2.75, 3.05) is 19.6 Å². The summed E-state index contributed by atoms with van der Waals surface area (Å²) in [5.41, 5.74) is 1.47. The molecule has 2 fully saturated rings. The van der Waals surface area contributed by atoms with Crippen LogP contribution in [0.2, 0.25) is 0 Å². The quantitative estimate of drug-likeness (QED) is 0.888. The van der Waals surface area contributed by atoms with Gasteiger partial charge in [-0.2, -0.15) is 0 Å². The van der Waals surface area contributed by atoms with Crippen LogP contribution in [0.15, 0.2) is 30.3 Å². The molecular weight excluding hydrogens is 256 g/mol. The third kappa shape index (κ3) is 3.49. The van der Waals surface area contributed by atoms with Gasteiger partial charge in [-0.3, -0.25) is 4.90 Å². The molecule has 1 aliphatic carbocycles. The summed E-state index contributed by atoms with van der Waals surface area (Å²) >= 11 is 0. The van der Waals surface area contributed by atoms with Crippen LogP contribution in [0.3, 0.4) is 0 Å². The highest BCUT2D eigenvalue weighted by molar-refractivity contribution is 5.20. The van der Waals surface area contributed by atoms with Gasteiger partial charge in [-0.15, -0.1) is 0 Å². The van der Waals surface area contributed by atoms with Gasteiger partial charge in [0.25, 0.3) is 0 Å². The van der Waals surface area contributed by atoms with E-state index in [1.165, 1.54) is 31.5 Å². The van der Waals surface area contributed by atoms with Gasteiger partial charge in [0.1, 0.15) is 0 Å². The topological polar surface area (TPSA) is 15.3 Å². The maximum atomic E-state index is 3.81. The van der Waals surface area contributed by atoms with Crippen molar-refractivity contribution in [2.24, 2.45) is 17.8 Å². The summed E-state index contributed by atoms with van der Waals surface area (Å²) in [6.45, 7) is 10.7. The molecule has 1 N–H and O–H groups in total. The lowest BCUT2D eigenvalue weighted by Crippen LogP contribution is -2.55. The summed E-state index contributed by atoms with van der Waals surface area (Å²) < 4.78 is 0. The van der Waals surface area contributed by atoms with E-state index in [9.17, 15) is 0 Å². The highest BCUT2D eigenvalue weighted by atomic mass is 15.2. The van der Waals surface area contributed by atoms with Crippen LogP contribution in [0, 0.1) is 17.8 Å². The molecule has 1 saturated heterocycles. The van der Waals surface area contributed by atoms with Crippen LogP contribution >= 0.6 is 0 Å².